The minimum Gasteiger partial charge on any atom is -0.348 e. The second-order valence-electron chi connectivity index (χ2n) is 5.60. The Morgan fingerprint density at radius 1 is 1.55 bits per heavy atom. The number of hydrogen-bond acceptors (Lipinski definition) is 5. The van der Waals surface area contributed by atoms with Gasteiger partial charge in [0.05, 0.1) is 12.6 Å². The van der Waals surface area contributed by atoms with Gasteiger partial charge in [0, 0.05) is 33.2 Å². The SMILES string of the molecule is CC(NC1CCN(CC(=O)N(C)C)CC1)c1ncn[nH]1. The number of likely N-dealkylation sites (N-methyl/N-ethyl adjacent to an activating group) is 1. The van der Waals surface area contributed by atoms with Crippen LogP contribution in [0.3, 0.4) is 0 Å². The lowest BCUT2D eigenvalue weighted by Crippen LogP contribution is -2.46. The highest BCUT2D eigenvalue weighted by Crippen LogP contribution is 2.14. The van der Waals surface area contributed by atoms with Crippen LogP contribution in [0.15, 0.2) is 6.33 Å². The number of likely N-dealkylation sites (tertiary alicyclic amines) is 1. The van der Waals surface area contributed by atoms with Crippen LogP contribution in [0.25, 0.3) is 0 Å². The van der Waals surface area contributed by atoms with Gasteiger partial charge in [0.1, 0.15) is 12.2 Å². The molecule has 1 fully saturated rings. The van der Waals surface area contributed by atoms with Crippen molar-refractivity contribution in [2.24, 2.45) is 0 Å². The van der Waals surface area contributed by atoms with E-state index in [2.05, 4.69) is 32.3 Å². The van der Waals surface area contributed by atoms with E-state index in [0.29, 0.717) is 12.6 Å². The number of aromatic amines is 1. The third kappa shape index (κ3) is 4.01. The van der Waals surface area contributed by atoms with Crippen LogP contribution in [0.2, 0.25) is 0 Å². The van der Waals surface area contributed by atoms with Crippen molar-refractivity contribution in [2.45, 2.75) is 31.8 Å². The minimum atomic E-state index is 0.173. The first-order valence-electron chi connectivity index (χ1n) is 7.10. The van der Waals surface area contributed by atoms with Gasteiger partial charge in [0.15, 0.2) is 0 Å². The third-order valence-corrected chi connectivity index (χ3v) is 3.77. The lowest BCUT2D eigenvalue weighted by Gasteiger charge is -2.33. The molecule has 0 radical (unpaired) electrons. The van der Waals surface area contributed by atoms with E-state index in [0.717, 1.165) is 31.8 Å². The molecule has 0 saturated carbocycles. The number of H-pyrrole nitrogens is 1. The molecule has 7 heteroatoms. The fraction of sp³-hybridized carbons (Fsp3) is 0.769. The molecule has 112 valence electrons. The van der Waals surface area contributed by atoms with E-state index in [1.54, 1.807) is 19.0 Å². The molecule has 0 bridgehead atoms. The molecular weight excluding hydrogens is 256 g/mol. The number of amides is 1. The van der Waals surface area contributed by atoms with E-state index >= 15 is 0 Å². The Morgan fingerprint density at radius 2 is 2.25 bits per heavy atom. The minimum absolute atomic E-state index is 0.173. The number of aromatic nitrogens is 3. The fourth-order valence-corrected chi connectivity index (χ4v) is 2.45. The smallest absolute Gasteiger partial charge is 0.236 e. The van der Waals surface area contributed by atoms with E-state index in [1.807, 2.05) is 0 Å². The number of nitrogens with zero attached hydrogens (tertiary/aromatic N) is 4. The molecule has 1 aromatic rings. The molecule has 1 aliphatic heterocycles. The Balaban J connectivity index is 1.73. The van der Waals surface area contributed by atoms with Crippen molar-refractivity contribution >= 4 is 5.91 Å². The van der Waals surface area contributed by atoms with Crippen LogP contribution >= 0.6 is 0 Å². The molecule has 2 heterocycles. The van der Waals surface area contributed by atoms with Crippen LogP contribution < -0.4 is 5.32 Å². The summed E-state index contributed by atoms with van der Waals surface area (Å²) in [6.45, 7) is 4.53. The zero-order valence-electron chi connectivity index (χ0n) is 12.5. The fourth-order valence-electron chi connectivity index (χ4n) is 2.45. The van der Waals surface area contributed by atoms with Crippen molar-refractivity contribution in [2.75, 3.05) is 33.7 Å². The summed E-state index contributed by atoms with van der Waals surface area (Å²) >= 11 is 0. The van der Waals surface area contributed by atoms with Crippen LogP contribution in [0, 0.1) is 0 Å². The van der Waals surface area contributed by atoms with Gasteiger partial charge in [-0.25, -0.2) is 4.98 Å². The Kier molecular flexibility index (Phi) is 5.08. The molecule has 1 unspecified atom stereocenters. The predicted octanol–water partition coefficient (Wildman–Crippen LogP) is 0.00790. The first-order chi connectivity index (χ1) is 9.56. The van der Waals surface area contributed by atoms with Gasteiger partial charge < -0.3 is 10.2 Å². The van der Waals surface area contributed by atoms with Crippen molar-refractivity contribution in [1.29, 1.82) is 0 Å². The van der Waals surface area contributed by atoms with Gasteiger partial charge >= 0.3 is 0 Å². The van der Waals surface area contributed by atoms with Gasteiger partial charge in [0.25, 0.3) is 0 Å². The number of carbonyl (C=O) groups excluding carboxylic acids is 1. The van der Waals surface area contributed by atoms with E-state index in [4.69, 9.17) is 0 Å². The molecule has 1 aromatic heterocycles. The zero-order chi connectivity index (χ0) is 14.5. The molecule has 0 aliphatic carbocycles. The molecule has 1 saturated heterocycles. The molecule has 1 aliphatic rings. The first kappa shape index (κ1) is 14.9. The van der Waals surface area contributed by atoms with Crippen molar-refractivity contribution < 1.29 is 4.79 Å². The van der Waals surface area contributed by atoms with Crippen molar-refractivity contribution in [3.05, 3.63) is 12.2 Å². The van der Waals surface area contributed by atoms with Gasteiger partial charge in [0.2, 0.25) is 5.91 Å². The third-order valence-electron chi connectivity index (χ3n) is 3.77. The normalized spacial score (nSPS) is 18.9. The Labute approximate surface area is 119 Å². The summed E-state index contributed by atoms with van der Waals surface area (Å²) in [5.74, 6) is 1.04. The summed E-state index contributed by atoms with van der Waals surface area (Å²) in [6.07, 6.45) is 3.64. The van der Waals surface area contributed by atoms with Crippen LogP contribution in [0.1, 0.15) is 31.6 Å². The van der Waals surface area contributed by atoms with Crippen LogP contribution in [0.5, 0.6) is 0 Å². The molecule has 1 atom stereocenters. The summed E-state index contributed by atoms with van der Waals surface area (Å²) in [4.78, 5) is 19.7. The van der Waals surface area contributed by atoms with Gasteiger partial charge in [-0.05, 0) is 19.8 Å². The number of carbonyl (C=O) groups is 1. The maximum absolute atomic E-state index is 11.7. The van der Waals surface area contributed by atoms with Gasteiger partial charge in [-0.2, -0.15) is 5.10 Å². The van der Waals surface area contributed by atoms with Crippen LogP contribution in [-0.2, 0) is 4.79 Å². The van der Waals surface area contributed by atoms with E-state index in [-0.39, 0.29) is 11.9 Å². The monoisotopic (exact) mass is 280 g/mol. The highest BCUT2D eigenvalue weighted by atomic mass is 16.2. The maximum Gasteiger partial charge on any atom is 0.236 e. The Morgan fingerprint density at radius 3 is 2.80 bits per heavy atom. The van der Waals surface area contributed by atoms with Gasteiger partial charge in [-0.3, -0.25) is 14.8 Å². The average molecular weight is 280 g/mol. The standard InChI is InChI=1S/C13H24N6O/c1-10(13-14-9-15-17-13)16-11-4-6-19(7-5-11)8-12(20)18(2)3/h9-11,16H,4-8H2,1-3H3,(H,14,15,17). The van der Waals surface area contributed by atoms with Gasteiger partial charge in [-0.15, -0.1) is 0 Å². The number of rotatable bonds is 5. The van der Waals surface area contributed by atoms with Gasteiger partial charge in [-0.1, -0.05) is 0 Å². The van der Waals surface area contributed by atoms with E-state index in [9.17, 15) is 4.79 Å². The summed E-state index contributed by atoms with van der Waals surface area (Å²) in [7, 11) is 3.60. The second kappa shape index (κ2) is 6.81. The summed E-state index contributed by atoms with van der Waals surface area (Å²) < 4.78 is 0. The largest absolute Gasteiger partial charge is 0.348 e. The summed E-state index contributed by atoms with van der Waals surface area (Å²) in [6, 6.07) is 0.651. The number of nitrogens with one attached hydrogen (secondary N) is 2. The molecule has 0 aromatic carbocycles. The highest BCUT2D eigenvalue weighted by Gasteiger charge is 2.23. The maximum atomic E-state index is 11.7. The van der Waals surface area contributed by atoms with E-state index in [1.165, 1.54) is 6.33 Å². The summed E-state index contributed by atoms with van der Waals surface area (Å²) in [5.41, 5.74) is 0. The topological polar surface area (TPSA) is 77.2 Å². The lowest BCUT2D eigenvalue weighted by atomic mass is 10.0. The first-order valence-corrected chi connectivity index (χ1v) is 7.10. The lowest BCUT2D eigenvalue weighted by molar-refractivity contribution is -0.130. The average Bonchev–Trinajstić information content (AvgIpc) is 2.95. The predicted molar refractivity (Wildman–Crippen MR) is 76.1 cm³/mol. The van der Waals surface area contributed by atoms with Crippen molar-refractivity contribution in [1.82, 2.24) is 30.3 Å². The molecule has 20 heavy (non-hydrogen) atoms. The molecule has 1 amide bonds. The Bertz CT molecular complexity index is 411. The number of hydrogen-bond donors (Lipinski definition) is 2. The molecule has 2 rings (SSSR count). The second-order valence-corrected chi connectivity index (χ2v) is 5.60. The molecular formula is C13H24N6O. The van der Waals surface area contributed by atoms with Crippen molar-refractivity contribution in [3.63, 3.8) is 0 Å². The Hall–Kier alpha value is -1.47. The summed E-state index contributed by atoms with van der Waals surface area (Å²) in [5, 5.41) is 10.3. The molecule has 2 N–H and O–H groups in total. The van der Waals surface area contributed by atoms with Crippen LogP contribution in [-0.4, -0.2) is 70.7 Å². The quantitative estimate of drug-likeness (QED) is 0.794. The molecule has 0 spiro atoms. The number of piperidine rings is 1. The van der Waals surface area contributed by atoms with Crippen LogP contribution in [0.4, 0.5) is 0 Å². The highest BCUT2D eigenvalue weighted by molar-refractivity contribution is 5.77. The molecule has 7 nitrogen and oxygen atoms in total. The van der Waals surface area contributed by atoms with E-state index < -0.39 is 0 Å². The van der Waals surface area contributed by atoms with Crippen molar-refractivity contribution in [3.8, 4) is 0 Å². The zero-order valence-corrected chi connectivity index (χ0v) is 12.5.